The monoisotopic (exact) mass is 239 g/mol. The molecule has 0 atom stereocenters. The average molecular weight is 240 g/mol. The van der Waals surface area contributed by atoms with Gasteiger partial charge in [0.25, 0.3) is 17.5 Å². The Bertz CT molecular complexity index is 398. The maximum atomic E-state index is 13.2. The van der Waals surface area contributed by atoms with Gasteiger partial charge in [0.15, 0.2) is 5.82 Å². The van der Waals surface area contributed by atoms with Gasteiger partial charge < -0.3 is 4.74 Å². The van der Waals surface area contributed by atoms with Crippen molar-refractivity contribution in [1.29, 1.82) is 0 Å². The molecule has 0 aliphatic rings. The normalized spacial score (nSPS) is 10.5. The standard InChI is InChI=1S/C8H5ClF3NO2/c1-15-8-5(10)3(6(9)14)2-4(13-8)7(11)12/h2,7H,1H3. The molecule has 0 aromatic carbocycles. The van der Waals surface area contributed by atoms with Gasteiger partial charge in [-0.25, -0.2) is 18.2 Å². The molecule has 82 valence electrons. The zero-order chi connectivity index (χ0) is 11.6. The maximum absolute atomic E-state index is 13.2. The molecule has 0 saturated carbocycles. The van der Waals surface area contributed by atoms with Gasteiger partial charge in [0.05, 0.1) is 12.7 Å². The van der Waals surface area contributed by atoms with E-state index in [0.29, 0.717) is 6.07 Å². The molecule has 0 saturated heterocycles. The largest absolute Gasteiger partial charge is 0.479 e. The molecule has 0 amide bonds. The van der Waals surface area contributed by atoms with Gasteiger partial charge in [-0.2, -0.15) is 0 Å². The lowest BCUT2D eigenvalue weighted by atomic mass is 10.2. The van der Waals surface area contributed by atoms with Gasteiger partial charge >= 0.3 is 0 Å². The van der Waals surface area contributed by atoms with Gasteiger partial charge in [-0.15, -0.1) is 0 Å². The Balaban J connectivity index is 3.38. The number of ether oxygens (including phenoxy) is 1. The molecule has 1 aromatic heterocycles. The second-order valence-corrected chi connectivity index (χ2v) is 2.84. The Hall–Kier alpha value is -1.30. The van der Waals surface area contributed by atoms with Crippen molar-refractivity contribution >= 4 is 16.8 Å². The third-order valence-corrected chi connectivity index (χ3v) is 1.78. The number of halogens is 4. The zero-order valence-electron chi connectivity index (χ0n) is 7.43. The number of aromatic nitrogens is 1. The van der Waals surface area contributed by atoms with Crippen LogP contribution in [-0.2, 0) is 0 Å². The minimum absolute atomic E-state index is 0.595. The number of hydrogen-bond acceptors (Lipinski definition) is 3. The van der Waals surface area contributed by atoms with Crippen LogP contribution in [0.1, 0.15) is 22.5 Å². The van der Waals surface area contributed by atoms with Crippen molar-refractivity contribution in [2.75, 3.05) is 7.11 Å². The predicted molar refractivity (Wildman–Crippen MR) is 45.9 cm³/mol. The van der Waals surface area contributed by atoms with E-state index in [-0.39, 0.29) is 0 Å². The molecular formula is C8H5ClF3NO2. The van der Waals surface area contributed by atoms with E-state index in [1.165, 1.54) is 0 Å². The molecular weight excluding hydrogens is 235 g/mol. The highest BCUT2D eigenvalue weighted by Gasteiger charge is 2.21. The zero-order valence-corrected chi connectivity index (χ0v) is 8.19. The van der Waals surface area contributed by atoms with Crippen molar-refractivity contribution in [3.05, 3.63) is 23.1 Å². The average Bonchev–Trinajstić information content (AvgIpc) is 2.17. The first-order valence-electron chi connectivity index (χ1n) is 3.69. The minimum atomic E-state index is -2.94. The number of methoxy groups -OCH3 is 1. The molecule has 0 aliphatic carbocycles. The number of pyridine rings is 1. The van der Waals surface area contributed by atoms with Gasteiger partial charge in [-0.1, -0.05) is 0 Å². The quantitative estimate of drug-likeness (QED) is 0.761. The molecule has 7 heteroatoms. The van der Waals surface area contributed by atoms with Crippen LogP contribution in [0.3, 0.4) is 0 Å². The van der Waals surface area contributed by atoms with Crippen molar-refractivity contribution in [3.8, 4) is 5.88 Å². The first kappa shape index (κ1) is 11.8. The third-order valence-electron chi connectivity index (χ3n) is 1.58. The van der Waals surface area contributed by atoms with Crippen molar-refractivity contribution in [3.63, 3.8) is 0 Å². The fourth-order valence-corrected chi connectivity index (χ4v) is 1.05. The van der Waals surface area contributed by atoms with Crippen LogP contribution in [0.2, 0.25) is 0 Å². The van der Waals surface area contributed by atoms with E-state index in [1.54, 1.807) is 0 Å². The molecule has 1 heterocycles. The van der Waals surface area contributed by atoms with Crippen LogP contribution < -0.4 is 4.74 Å². The fourth-order valence-electron chi connectivity index (χ4n) is 0.915. The Labute approximate surface area is 87.8 Å². The molecule has 0 aliphatic heterocycles. The van der Waals surface area contributed by atoms with Crippen LogP contribution in [0.5, 0.6) is 5.88 Å². The lowest BCUT2D eigenvalue weighted by molar-refractivity contribution is 0.107. The molecule has 1 rings (SSSR count). The summed E-state index contributed by atoms with van der Waals surface area (Å²) < 4.78 is 42.2. The van der Waals surface area contributed by atoms with Gasteiger partial charge in [0, 0.05) is 0 Å². The van der Waals surface area contributed by atoms with Crippen molar-refractivity contribution in [2.24, 2.45) is 0 Å². The highest BCUT2D eigenvalue weighted by molar-refractivity contribution is 6.67. The molecule has 1 aromatic rings. The number of carbonyl (C=O) groups excluding carboxylic acids is 1. The van der Waals surface area contributed by atoms with Crippen LogP contribution in [-0.4, -0.2) is 17.3 Å². The topological polar surface area (TPSA) is 39.2 Å². The van der Waals surface area contributed by atoms with E-state index in [9.17, 15) is 18.0 Å². The molecule has 0 bridgehead atoms. The van der Waals surface area contributed by atoms with E-state index in [0.717, 1.165) is 7.11 Å². The Kier molecular flexibility index (Phi) is 3.52. The number of carbonyl (C=O) groups is 1. The summed E-state index contributed by atoms with van der Waals surface area (Å²) in [4.78, 5) is 13.9. The van der Waals surface area contributed by atoms with Crippen molar-refractivity contribution in [1.82, 2.24) is 4.98 Å². The van der Waals surface area contributed by atoms with Crippen LogP contribution in [0, 0.1) is 5.82 Å². The summed E-state index contributed by atoms with van der Waals surface area (Å²) in [6.45, 7) is 0. The highest BCUT2D eigenvalue weighted by atomic mass is 35.5. The second-order valence-electron chi connectivity index (χ2n) is 2.49. The van der Waals surface area contributed by atoms with E-state index >= 15 is 0 Å². The second kappa shape index (κ2) is 4.48. The summed E-state index contributed by atoms with van der Waals surface area (Å²) in [5.41, 5.74) is -1.45. The smallest absolute Gasteiger partial charge is 0.280 e. The maximum Gasteiger partial charge on any atom is 0.280 e. The summed E-state index contributed by atoms with van der Waals surface area (Å²) in [6, 6.07) is 0.595. The minimum Gasteiger partial charge on any atom is -0.479 e. The molecule has 0 unspecified atom stereocenters. The first-order chi connectivity index (χ1) is 6.97. The molecule has 3 nitrogen and oxygen atoms in total. The van der Waals surface area contributed by atoms with Gasteiger partial charge in [-0.3, -0.25) is 4.79 Å². The number of rotatable bonds is 3. The summed E-state index contributed by atoms with van der Waals surface area (Å²) >= 11 is 5.01. The van der Waals surface area contributed by atoms with Crippen LogP contribution in [0.25, 0.3) is 0 Å². The molecule has 0 radical (unpaired) electrons. The Morgan fingerprint density at radius 2 is 2.20 bits per heavy atom. The fraction of sp³-hybridized carbons (Fsp3) is 0.250. The number of hydrogen-bond donors (Lipinski definition) is 0. The van der Waals surface area contributed by atoms with Crippen LogP contribution >= 0.6 is 11.6 Å². The van der Waals surface area contributed by atoms with E-state index in [2.05, 4.69) is 9.72 Å². The lowest BCUT2D eigenvalue weighted by Gasteiger charge is -2.06. The first-order valence-corrected chi connectivity index (χ1v) is 4.07. The molecule has 0 spiro atoms. The number of nitrogens with zero attached hydrogens (tertiary/aromatic N) is 1. The van der Waals surface area contributed by atoms with Crippen molar-refractivity contribution < 1.29 is 22.7 Å². The summed E-state index contributed by atoms with van der Waals surface area (Å²) in [7, 11) is 1.04. The van der Waals surface area contributed by atoms with Crippen LogP contribution in [0.15, 0.2) is 6.07 Å². The predicted octanol–water partition coefficient (Wildman–Crippen LogP) is 2.55. The summed E-state index contributed by atoms with van der Waals surface area (Å²) in [5, 5.41) is -1.19. The third kappa shape index (κ3) is 2.38. The Morgan fingerprint density at radius 3 is 2.60 bits per heavy atom. The van der Waals surface area contributed by atoms with Gasteiger partial charge in [-0.05, 0) is 17.7 Å². The van der Waals surface area contributed by atoms with Gasteiger partial charge in [0.1, 0.15) is 5.69 Å². The number of alkyl halides is 2. The summed E-state index contributed by atoms with van der Waals surface area (Å²) in [6.07, 6.45) is -2.94. The molecule has 0 fully saturated rings. The van der Waals surface area contributed by atoms with E-state index in [1.807, 2.05) is 0 Å². The Morgan fingerprint density at radius 1 is 1.60 bits per heavy atom. The van der Waals surface area contributed by atoms with Crippen molar-refractivity contribution in [2.45, 2.75) is 6.43 Å². The summed E-state index contributed by atoms with van der Waals surface area (Å²) in [5.74, 6) is -1.83. The SMILES string of the molecule is COc1nc(C(F)F)cc(C(=O)Cl)c1F. The van der Waals surface area contributed by atoms with Gasteiger partial charge in [0.2, 0.25) is 0 Å². The van der Waals surface area contributed by atoms with E-state index in [4.69, 9.17) is 11.6 Å². The molecule has 0 N–H and O–H groups in total. The lowest BCUT2D eigenvalue weighted by Crippen LogP contribution is -2.04. The highest BCUT2D eigenvalue weighted by Crippen LogP contribution is 2.25. The van der Waals surface area contributed by atoms with E-state index < -0.39 is 34.6 Å². The molecule has 15 heavy (non-hydrogen) atoms. The van der Waals surface area contributed by atoms with Crippen LogP contribution in [0.4, 0.5) is 13.2 Å².